The maximum Gasteiger partial charge on any atom is 0.248 e. The molecular weight excluding hydrogens is 364 g/mol. The number of aliphatic imine (C=N–C) groups is 1. The lowest BCUT2D eigenvalue weighted by Gasteiger charge is -2.24. The van der Waals surface area contributed by atoms with Crippen LogP contribution in [0.5, 0.6) is 0 Å². The lowest BCUT2D eigenvalue weighted by molar-refractivity contribution is -0.126. The van der Waals surface area contributed by atoms with Gasteiger partial charge in [-0.3, -0.25) is 19.5 Å². The Labute approximate surface area is 168 Å². The normalized spacial score (nSPS) is 14.3. The number of pyridine rings is 1. The molecule has 144 valence electrons. The van der Waals surface area contributed by atoms with E-state index in [1.807, 2.05) is 18.2 Å². The first-order chi connectivity index (χ1) is 14.1. The smallest absolute Gasteiger partial charge is 0.248 e. The number of aromatic nitrogens is 1. The molecule has 2 bridgehead atoms. The molecule has 5 rings (SSSR count). The average Bonchev–Trinajstić information content (AvgIpc) is 2.87. The number of rotatable bonds is 3. The molecule has 2 amide bonds. The van der Waals surface area contributed by atoms with Crippen molar-refractivity contribution >= 4 is 23.3 Å². The molecule has 29 heavy (non-hydrogen) atoms. The Bertz CT molecular complexity index is 1060. The second-order valence-electron chi connectivity index (χ2n) is 6.88. The number of amides is 2. The number of primary amides is 1. The molecular formula is C23H20N4O2. The number of nitrogens with zero attached hydrogens (tertiary/aromatic N) is 3. The fourth-order valence-electron chi connectivity index (χ4n) is 3.29. The van der Waals surface area contributed by atoms with Gasteiger partial charge in [0, 0.05) is 23.9 Å². The predicted molar refractivity (Wildman–Crippen MR) is 111 cm³/mol. The van der Waals surface area contributed by atoms with Crippen molar-refractivity contribution in [3.05, 3.63) is 95.3 Å². The molecule has 3 heterocycles. The number of carbonyl (C=O) groups is 2. The van der Waals surface area contributed by atoms with Crippen LogP contribution >= 0.6 is 0 Å². The SMILES string of the molecule is NC(=O)c1ccc(C(=Nc2cccnc2)N2CCc3ccc(cc3)CC2=O)cc1. The molecule has 0 spiro atoms. The summed E-state index contributed by atoms with van der Waals surface area (Å²) in [6, 6.07) is 18.6. The van der Waals surface area contributed by atoms with Crippen molar-refractivity contribution in [3.63, 3.8) is 0 Å². The van der Waals surface area contributed by atoms with E-state index >= 15 is 0 Å². The molecule has 0 radical (unpaired) electrons. The summed E-state index contributed by atoms with van der Waals surface area (Å²) in [5, 5.41) is 0. The van der Waals surface area contributed by atoms with Gasteiger partial charge in [0.05, 0.1) is 18.3 Å². The third-order valence-corrected chi connectivity index (χ3v) is 4.87. The summed E-state index contributed by atoms with van der Waals surface area (Å²) in [6.07, 6.45) is 4.34. The molecule has 2 aliphatic rings. The first-order valence-electron chi connectivity index (χ1n) is 9.37. The quantitative estimate of drug-likeness (QED) is 0.556. The van der Waals surface area contributed by atoms with Gasteiger partial charge in [-0.1, -0.05) is 36.4 Å². The molecule has 6 nitrogen and oxygen atoms in total. The molecule has 2 aromatic carbocycles. The Balaban J connectivity index is 1.77. The van der Waals surface area contributed by atoms with Gasteiger partial charge in [0.15, 0.2) is 0 Å². The predicted octanol–water partition coefficient (Wildman–Crippen LogP) is 2.89. The number of fused-ring (bicyclic) bond motifs is 6. The highest BCUT2D eigenvalue weighted by Gasteiger charge is 2.23. The monoisotopic (exact) mass is 384 g/mol. The van der Waals surface area contributed by atoms with Crippen molar-refractivity contribution in [1.29, 1.82) is 0 Å². The summed E-state index contributed by atoms with van der Waals surface area (Å²) in [6.45, 7) is 0.507. The van der Waals surface area contributed by atoms with Crippen LogP contribution in [0.1, 0.15) is 27.0 Å². The molecule has 0 saturated carbocycles. The van der Waals surface area contributed by atoms with Crippen LogP contribution in [0.2, 0.25) is 0 Å². The van der Waals surface area contributed by atoms with Crippen LogP contribution in [0.25, 0.3) is 0 Å². The summed E-state index contributed by atoms with van der Waals surface area (Å²) in [4.78, 5) is 35.1. The van der Waals surface area contributed by atoms with Crippen LogP contribution in [0.15, 0.2) is 78.0 Å². The standard InChI is InChI=1S/C23H20N4O2/c24-22(29)18-7-9-19(10-8-18)23(26-20-2-1-12-25-15-20)27-13-11-16-3-5-17(6-4-16)14-21(27)28/h1-10,12,15H,11,13-14H2,(H2,24,29). The molecule has 2 N–H and O–H groups in total. The molecule has 6 heteroatoms. The molecule has 0 unspecified atom stereocenters. The van der Waals surface area contributed by atoms with Gasteiger partial charge in [0.2, 0.25) is 11.8 Å². The van der Waals surface area contributed by atoms with Crippen LogP contribution in [-0.2, 0) is 17.6 Å². The highest BCUT2D eigenvalue weighted by atomic mass is 16.2. The van der Waals surface area contributed by atoms with E-state index in [0.29, 0.717) is 30.1 Å². The largest absolute Gasteiger partial charge is 0.366 e. The van der Waals surface area contributed by atoms with Crippen LogP contribution in [0.4, 0.5) is 5.69 Å². The van der Waals surface area contributed by atoms with Gasteiger partial charge in [-0.25, -0.2) is 4.99 Å². The molecule has 0 atom stereocenters. The number of carbonyl (C=O) groups excluding carboxylic acids is 2. The third-order valence-electron chi connectivity index (χ3n) is 4.87. The van der Waals surface area contributed by atoms with E-state index in [1.165, 1.54) is 5.56 Å². The van der Waals surface area contributed by atoms with E-state index in [-0.39, 0.29) is 5.91 Å². The van der Waals surface area contributed by atoms with Crippen LogP contribution < -0.4 is 5.73 Å². The number of amidine groups is 1. The van der Waals surface area contributed by atoms with E-state index in [4.69, 9.17) is 10.7 Å². The van der Waals surface area contributed by atoms with Crippen molar-refractivity contribution in [2.45, 2.75) is 12.8 Å². The number of benzene rings is 2. The summed E-state index contributed by atoms with van der Waals surface area (Å²) in [5.74, 6) is 0.00300. The van der Waals surface area contributed by atoms with Crippen LogP contribution in [0.3, 0.4) is 0 Å². The number of nitrogens with two attached hydrogens (primary N) is 1. The zero-order valence-corrected chi connectivity index (χ0v) is 15.8. The van der Waals surface area contributed by atoms with Crippen molar-refractivity contribution in [3.8, 4) is 0 Å². The molecule has 0 saturated heterocycles. The fourth-order valence-corrected chi connectivity index (χ4v) is 3.29. The van der Waals surface area contributed by atoms with Crippen molar-refractivity contribution in [2.75, 3.05) is 6.54 Å². The first-order valence-corrected chi connectivity index (χ1v) is 9.37. The Morgan fingerprint density at radius 1 is 0.966 bits per heavy atom. The minimum atomic E-state index is -0.498. The second kappa shape index (κ2) is 8.06. The summed E-state index contributed by atoms with van der Waals surface area (Å²) in [7, 11) is 0. The van der Waals surface area contributed by atoms with Crippen molar-refractivity contribution in [2.24, 2.45) is 10.7 Å². The fraction of sp³-hybridized carbons (Fsp3) is 0.130. The Morgan fingerprint density at radius 2 is 1.66 bits per heavy atom. The van der Waals surface area contributed by atoms with Crippen molar-refractivity contribution < 1.29 is 9.59 Å². The molecule has 1 aromatic heterocycles. The summed E-state index contributed by atoms with van der Waals surface area (Å²) >= 11 is 0. The lowest BCUT2D eigenvalue weighted by atomic mass is 10.1. The number of hydrogen-bond acceptors (Lipinski definition) is 4. The zero-order valence-electron chi connectivity index (χ0n) is 15.8. The molecule has 0 fully saturated rings. The number of hydrogen-bond donors (Lipinski definition) is 1. The summed E-state index contributed by atoms with van der Waals surface area (Å²) in [5.41, 5.74) is 9.28. The van der Waals surface area contributed by atoms with E-state index in [1.54, 1.807) is 47.6 Å². The molecule has 2 aliphatic heterocycles. The van der Waals surface area contributed by atoms with Crippen molar-refractivity contribution in [1.82, 2.24) is 9.88 Å². The maximum atomic E-state index is 13.1. The maximum absolute atomic E-state index is 13.1. The lowest BCUT2D eigenvalue weighted by Crippen LogP contribution is -2.39. The molecule has 3 aromatic rings. The Kier molecular flexibility index (Phi) is 5.16. The topological polar surface area (TPSA) is 88.7 Å². The van der Waals surface area contributed by atoms with E-state index in [9.17, 15) is 9.59 Å². The van der Waals surface area contributed by atoms with Gasteiger partial charge in [-0.05, 0) is 41.8 Å². The zero-order chi connectivity index (χ0) is 20.2. The third kappa shape index (κ3) is 4.21. The van der Waals surface area contributed by atoms with Gasteiger partial charge in [-0.15, -0.1) is 0 Å². The van der Waals surface area contributed by atoms with E-state index < -0.39 is 5.91 Å². The Hall–Kier alpha value is -3.80. The van der Waals surface area contributed by atoms with Gasteiger partial charge < -0.3 is 5.73 Å². The summed E-state index contributed by atoms with van der Waals surface area (Å²) < 4.78 is 0. The Morgan fingerprint density at radius 3 is 2.31 bits per heavy atom. The second-order valence-corrected chi connectivity index (χ2v) is 6.88. The van der Waals surface area contributed by atoms with Crippen LogP contribution in [0, 0.1) is 0 Å². The molecule has 0 aliphatic carbocycles. The highest BCUT2D eigenvalue weighted by molar-refractivity contribution is 6.09. The van der Waals surface area contributed by atoms with Gasteiger partial charge in [0.25, 0.3) is 0 Å². The minimum Gasteiger partial charge on any atom is -0.366 e. The van der Waals surface area contributed by atoms with E-state index in [0.717, 1.165) is 17.5 Å². The minimum absolute atomic E-state index is 0.0286. The van der Waals surface area contributed by atoms with Crippen LogP contribution in [-0.4, -0.2) is 34.1 Å². The van der Waals surface area contributed by atoms with Gasteiger partial charge in [-0.2, -0.15) is 0 Å². The average molecular weight is 384 g/mol. The van der Waals surface area contributed by atoms with Gasteiger partial charge >= 0.3 is 0 Å². The first kappa shape index (κ1) is 18.6. The van der Waals surface area contributed by atoms with Gasteiger partial charge in [0.1, 0.15) is 5.84 Å². The van der Waals surface area contributed by atoms with E-state index in [2.05, 4.69) is 17.1 Å². The highest BCUT2D eigenvalue weighted by Crippen LogP contribution is 2.19.